The van der Waals surface area contributed by atoms with Gasteiger partial charge in [0.1, 0.15) is 5.82 Å². The van der Waals surface area contributed by atoms with Gasteiger partial charge >= 0.3 is 0 Å². The van der Waals surface area contributed by atoms with Gasteiger partial charge in [-0.05, 0) is 31.5 Å². The van der Waals surface area contributed by atoms with E-state index in [0.717, 1.165) is 0 Å². The molecule has 0 bridgehead atoms. The van der Waals surface area contributed by atoms with E-state index in [-0.39, 0.29) is 19.1 Å². The highest BCUT2D eigenvalue weighted by Gasteiger charge is 2.20. The fourth-order valence-electron chi connectivity index (χ4n) is 1.36. The normalized spacial score (nSPS) is 14.0. The molecule has 1 rings (SSSR count). The van der Waals surface area contributed by atoms with Crippen LogP contribution in [-0.2, 0) is 4.79 Å². The van der Waals surface area contributed by atoms with Gasteiger partial charge in [-0.15, -0.1) is 0 Å². The first-order chi connectivity index (χ1) is 8.49. The van der Waals surface area contributed by atoms with E-state index in [1.165, 1.54) is 18.2 Å². The molecule has 0 heterocycles. The van der Waals surface area contributed by atoms with Gasteiger partial charge in [-0.25, -0.2) is 4.39 Å². The number of hydrogen-bond acceptors (Lipinski definition) is 3. The standard InChI is InChI=1S/C13H19FN2O2/c1-3-13(2,9-17)15-8-12(18)16-11-6-4-5-10(14)7-11/h4-7,15,17H,3,8-9H2,1-2H3,(H,16,18). The highest BCUT2D eigenvalue weighted by molar-refractivity contribution is 5.92. The SMILES string of the molecule is CCC(C)(CO)NCC(=O)Nc1cccc(F)c1. The summed E-state index contributed by atoms with van der Waals surface area (Å²) < 4.78 is 12.9. The first-order valence-corrected chi connectivity index (χ1v) is 5.90. The van der Waals surface area contributed by atoms with Gasteiger partial charge in [-0.3, -0.25) is 4.79 Å². The Morgan fingerprint density at radius 2 is 2.22 bits per heavy atom. The Balaban J connectivity index is 2.47. The largest absolute Gasteiger partial charge is 0.394 e. The minimum absolute atomic E-state index is 0.0449. The van der Waals surface area contributed by atoms with E-state index < -0.39 is 11.4 Å². The molecular formula is C13H19FN2O2. The van der Waals surface area contributed by atoms with Gasteiger partial charge in [0, 0.05) is 11.2 Å². The van der Waals surface area contributed by atoms with E-state index in [1.54, 1.807) is 6.07 Å². The molecule has 0 spiro atoms. The number of halogens is 1. The topological polar surface area (TPSA) is 61.4 Å². The zero-order valence-electron chi connectivity index (χ0n) is 10.7. The second-order valence-corrected chi connectivity index (χ2v) is 4.48. The summed E-state index contributed by atoms with van der Waals surface area (Å²) in [6, 6.07) is 5.71. The van der Waals surface area contributed by atoms with Gasteiger partial charge < -0.3 is 15.7 Å². The van der Waals surface area contributed by atoms with Gasteiger partial charge in [-0.1, -0.05) is 13.0 Å². The molecule has 0 fully saturated rings. The second-order valence-electron chi connectivity index (χ2n) is 4.48. The summed E-state index contributed by atoms with van der Waals surface area (Å²) in [5.74, 6) is -0.664. The van der Waals surface area contributed by atoms with Crippen LogP contribution in [0.1, 0.15) is 20.3 Å². The first kappa shape index (κ1) is 14.6. The Hall–Kier alpha value is -1.46. The number of rotatable bonds is 6. The van der Waals surface area contributed by atoms with Crippen molar-refractivity contribution in [1.29, 1.82) is 0 Å². The highest BCUT2D eigenvalue weighted by atomic mass is 19.1. The fraction of sp³-hybridized carbons (Fsp3) is 0.462. The number of hydrogen-bond donors (Lipinski definition) is 3. The lowest BCUT2D eigenvalue weighted by molar-refractivity contribution is -0.115. The van der Waals surface area contributed by atoms with Crippen LogP contribution in [-0.4, -0.2) is 29.7 Å². The van der Waals surface area contributed by atoms with Gasteiger partial charge in [0.05, 0.1) is 13.2 Å². The molecule has 3 N–H and O–H groups in total. The van der Waals surface area contributed by atoms with E-state index in [2.05, 4.69) is 10.6 Å². The fourth-order valence-corrected chi connectivity index (χ4v) is 1.36. The molecule has 0 aliphatic carbocycles. The lowest BCUT2D eigenvalue weighted by Crippen LogP contribution is -2.48. The molecule has 0 saturated heterocycles. The third-order valence-electron chi connectivity index (χ3n) is 2.91. The number of nitrogens with one attached hydrogen (secondary N) is 2. The highest BCUT2D eigenvalue weighted by Crippen LogP contribution is 2.09. The van der Waals surface area contributed by atoms with Crippen molar-refractivity contribution in [2.45, 2.75) is 25.8 Å². The van der Waals surface area contributed by atoms with E-state index in [4.69, 9.17) is 0 Å². The van der Waals surface area contributed by atoms with Crippen LogP contribution in [0.3, 0.4) is 0 Å². The first-order valence-electron chi connectivity index (χ1n) is 5.90. The van der Waals surface area contributed by atoms with Crippen molar-refractivity contribution < 1.29 is 14.3 Å². The van der Waals surface area contributed by atoms with Crippen molar-refractivity contribution in [3.8, 4) is 0 Å². The maximum atomic E-state index is 12.9. The maximum absolute atomic E-state index is 12.9. The number of aliphatic hydroxyl groups is 1. The summed E-state index contributed by atoms with van der Waals surface area (Å²) in [7, 11) is 0. The Bertz CT molecular complexity index is 406. The van der Waals surface area contributed by atoms with Gasteiger partial charge in [0.2, 0.25) is 5.91 Å². The summed E-state index contributed by atoms with van der Waals surface area (Å²) in [5.41, 5.74) is -0.0526. The van der Waals surface area contributed by atoms with E-state index >= 15 is 0 Å². The maximum Gasteiger partial charge on any atom is 0.238 e. The van der Waals surface area contributed by atoms with Gasteiger partial charge in [0.15, 0.2) is 0 Å². The second kappa shape index (κ2) is 6.47. The van der Waals surface area contributed by atoms with E-state index in [9.17, 15) is 14.3 Å². The smallest absolute Gasteiger partial charge is 0.238 e. The third kappa shape index (κ3) is 4.43. The third-order valence-corrected chi connectivity index (χ3v) is 2.91. The van der Waals surface area contributed by atoms with Crippen LogP contribution in [0.25, 0.3) is 0 Å². The number of carbonyl (C=O) groups excluding carboxylic acids is 1. The van der Waals surface area contributed by atoms with Gasteiger partial charge in [0.25, 0.3) is 0 Å². The van der Waals surface area contributed by atoms with Crippen LogP contribution in [0.15, 0.2) is 24.3 Å². The molecule has 100 valence electrons. The summed E-state index contributed by atoms with van der Waals surface area (Å²) in [5, 5.41) is 14.7. The molecule has 5 heteroatoms. The van der Waals surface area contributed by atoms with Crippen LogP contribution in [0.4, 0.5) is 10.1 Å². The number of anilines is 1. The zero-order chi connectivity index (χ0) is 13.6. The molecule has 1 atom stereocenters. The van der Waals surface area contributed by atoms with Crippen LogP contribution < -0.4 is 10.6 Å². The number of carbonyl (C=O) groups is 1. The minimum atomic E-state index is -0.473. The van der Waals surface area contributed by atoms with Gasteiger partial charge in [-0.2, -0.15) is 0 Å². The monoisotopic (exact) mass is 254 g/mol. The average molecular weight is 254 g/mol. The number of amides is 1. The molecule has 0 aliphatic heterocycles. The van der Waals surface area contributed by atoms with Crippen LogP contribution in [0, 0.1) is 5.82 Å². The van der Waals surface area contributed by atoms with Crippen molar-refractivity contribution in [2.24, 2.45) is 0 Å². The predicted molar refractivity (Wildman–Crippen MR) is 68.8 cm³/mol. The summed E-state index contributed by atoms with van der Waals surface area (Å²) in [6.07, 6.45) is 0.705. The summed E-state index contributed by atoms with van der Waals surface area (Å²) in [6.45, 7) is 3.79. The molecule has 18 heavy (non-hydrogen) atoms. The average Bonchev–Trinajstić information content (AvgIpc) is 2.36. The molecule has 4 nitrogen and oxygen atoms in total. The molecule has 0 aliphatic rings. The molecule has 0 radical (unpaired) electrons. The van der Waals surface area contributed by atoms with Crippen molar-refractivity contribution in [1.82, 2.24) is 5.32 Å². The van der Waals surface area contributed by atoms with Crippen molar-refractivity contribution in [3.63, 3.8) is 0 Å². The molecule has 1 aromatic carbocycles. The van der Waals surface area contributed by atoms with Crippen LogP contribution in [0.2, 0.25) is 0 Å². The Labute approximate surface area is 106 Å². The lowest BCUT2D eigenvalue weighted by Gasteiger charge is -2.26. The summed E-state index contributed by atoms with van der Waals surface area (Å²) in [4.78, 5) is 11.6. The molecule has 0 saturated carbocycles. The van der Waals surface area contributed by atoms with E-state index in [1.807, 2.05) is 13.8 Å². The molecule has 0 aromatic heterocycles. The molecular weight excluding hydrogens is 235 g/mol. The Kier molecular flexibility index (Phi) is 5.25. The Morgan fingerprint density at radius 3 is 2.78 bits per heavy atom. The molecule has 1 unspecified atom stereocenters. The van der Waals surface area contributed by atoms with Crippen LogP contribution >= 0.6 is 0 Å². The van der Waals surface area contributed by atoms with Crippen molar-refractivity contribution in [3.05, 3.63) is 30.1 Å². The van der Waals surface area contributed by atoms with Crippen molar-refractivity contribution >= 4 is 11.6 Å². The number of aliphatic hydroxyl groups excluding tert-OH is 1. The number of benzene rings is 1. The quantitative estimate of drug-likeness (QED) is 0.721. The minimum Gasteiger partial charge on any atom is -0.394 e. The molecule has 1 amide bonds. The lowest BCUT2D eigenvalue weighted by atomic mass is 10.0. The summed E-state index contributed by atoms with van der Waals surface area (Å²) >= 11 is 0. The zero-order valence-corrected chi connectivity index (χ0v) is 10.7. The van der Waals surface area contributed by atoms with Crippen molar-refractivity contribution in [2.75, 3.05) is 18.5 Å². The van der Waals surface area contributed by atoms with Crippen LogP contribution in [0.5, 0.6) is 0 Å². The Morgan fingerprint density at radius 1 is 1.50 bits per heavy atom. The van der Waals surface area contributed by atoms with E-state index in [0.29, 0.717) is 12.1 Å². The molecule has 1 aromatic rings. The predicted octanol–water partition coefficient (Wildman–Crippen LogP) is 1.51.